The van der Waals surface area contributed by atoms with Gasteiger partial charge in [-0.2, -0.15) is 0 Å². The first-order valence-electron chi connectivity index (χ1n) is 8.59. The summed E-state index contributed by atoms with van der Waals surface area (Å²) in [4.78, 5) is 21.6. The van der Waals surface area contributed by atoms with E-state index < -0.39 is 0 Å². The molecule has 3 aromatic rings. The smallest absolute Gasteiger partial charge is 0.258 e. The SMILES string of the molecule is CCN(Cc1nc2ccccc2c(=O)[nH]1)C(=S)Nc1cc(C)ccc1C. The third-order valence-electron chi connectivity index (χ3n) is 4.31. The molecule has 2 N–H and O–H groups in total. The second-order valence-electron chi connectivity index (χ2n) is 6.29. The van der Waals surface area contributed by atoms with Crippen LogP contribution in [0.3, 0.4) is 0 Å². The molecule has 0 radical (unpaired) electrons. The molecule has 6 heteroatoms. The summed E-state index contributed by atoms with van der Waals surface area (Å²) < 4.78 is 0. The van der Waals surface area contributed by atoms with Crippen molar-refractivity contribution < 1.29 is 0 Å². The number of aromatic amines is 1. The van der Waals surface area contributed by atoms with E-state index in [-0.39, 0.29) is 5.56 Å². The minimum Gasteiger partial charge on any atom is -0.342 e. The van der Waals surface area contributed by atoms with Crippen LogP contribution in [0.4, 0.5) is 5.69 Å². The largest absolute Gasteiger partial charge is 0.342 e. The van der Waals surface area contributed by atoms with Gasteiger partial charge in [-0.3, -0.25) is 4.79 Å². The fourth-order valence-corrected chi connectivity index (χ4v) is 3.09. The minimum atomic E-state index is -0.130. The average Bonchev–Trinajstić information content (AvgIpc) is 2.62. The van der Waals surface area contributed by atoms with E-state index in [1.165, 1.54) is 5.56 Å². The molecule has 0 aliphatic rings. The van der Waals surface area contributed by atoms with Crippen molar-refractivity contribution in [1.29, 1.82) is 0 Å². The molecule has 0 bridgehead atoms. The number of aryl methyl sites for hydroxylation is 2. The zero-order valence-electron chi connectivity index (χ0n) is 15.2. The van der Waals surface area contributed by atoms with E-state index in [0.29, 0.717) is 34.9 Å². The molecule has 0 atom stereocenters. The number of nitrogens with zero attached hydrogens (tertiary/aromatic N) is 2. The van der Waals surface area contributed by atoms with Gasteiger partial charge in [-0.25, -0.2) is 4.98 Å². The highest BCUT2D eigenvalue weighted by molar-refractivity contribution is 7.80. The minimum absolute atomic E-state index is 0.130. The summed E-state index contributed by atoms with van der Waals surface area (Å²) in [5.41, 5.74) is 3.86. The highest BCUT2D eigenvalue weighted by atomic mass is 32.1. The van der Waals surface area contributed by atoms with Gasteiger partial charge in [0.05, 0.1) is 17.4 Å². The van der Waals surface area contributed by atoms with Gasteiger partial charge in [0.1, 0.15) is 5.82 Å². The lowest BCUT2D eigenvalue weighted by molar-refractivity contribution is 0.429. The van der Waals surface area contributed by atoms with Gasteiger partial charge in [-0.15, -0.1) is 0 Å². The molecule has 0 aliphatic heterocycles. The maximum atomic E-state index is 12.2. The molecular formula is C20H22N4OS. The molecule has 134 valence electrons. The monoisotopic (exact) mass is 366 g/mol. The topological polar surface area (TPSA) is 61.0 Å². The standard InChI is InChI=1S/C20H22N4OS/c1-4-24(20(26)22-17-11-13(2)9-10-14(17)3)12-18-21-16-8-6-5-7-15(16)19(25)23-18/h5-11H,4,12H2,1-3H3,(H,22,26)(H,21,23,25). The highest BCUT2D eigenvalue weighted by Gasteiger charge is 2.12. The van der Waals surface area contributed by atoms with Crippen LogP contribution in [-0.4, -0.2) is 26.5 Å². The maximum absolute atomic E-state index is 12.2. The van der Waals surface area contributed by atoms with E-state index in [0.717, 1.165) is 11.3 Å². The summed E-state index contributed by atoms with van der Waals surface area (Å²) in [6.45, 7) is 7.26. The number of fused-ring (bicyclic) bond motifs is 1. The van der Waals surface area contributed by atoms with Gasteiger partial charge in [0.15, 0.2) is 5.11 Å². The summed E-state index contributed by atoms with van der Waals surface area (Å²) in [6.07, 6.45) is 0. The van der Waals surface area contributed by atoms with Crippen molar-refractivity contribution in [1.82, 2.24) is 14.9 Å². The van der Waals surface area contributed by atoms with Crippen molar-refractivity contribution in [3.8, 4) is 0 Å². The summed E-state index contributed by atoms with van der Waals surface area (Å²) in [5, 5.41) is 4.51. The van der Waals surface area contributed by atoms with Gasteiger partial charge >= 0.3 is 0 Å². The molecule has 3 rings (SSSR count). The fourth-order valence-electron chi connectivity index (χ4n) is 2.78. The first kappa shape index (κ1) is 18.1. The quantitative estimate of drug-likeness (QED) is 0.689. The zero-order chi connectivity index (χ0) is 18.7. The van der Waals surface area contributed by atoms with Crippen molar-refractivity contribution >= 4 is 33.9 Å². The third kappa shape index (κ3) is 3.91. The molecular weight excluding hydrogens is 344 g/mol. The molecule has 26 heavy (non-hydrogen) atoms. The van der Waals surface area contributed by atoms with Gasteiger partial charge in [-0.05, 0) is 62.3 Å². The van der Waals surface area contributed by atoms with Crippen molar-refractivity contribution in [2.45, 2.75) is 27.3 Å². The van der Waals surface area contributed by atoms with E-state index in [9.17, 15) is 4.79 Å². The number of para-hydroxylation sites is 1. The number of nitrogens with one attached hydrogen (secondary N) is 2. The Hall–Kier alpha value is -2.73. The fraction of sp³-hybridized carbons (Fsp3) is 0.250. The van der Waals surface area contributed by atoms with Crippen LogP contribution in [-0.2, 0) is 6.54 Å². The Morgan fingerprint density at radius 3 is 2.77 bits per heavy atom. The molecule has 0 unspecified atom stereocenters. The van der Waals surface area contributed by atoms with Crippen molar-refractivity contribution in [3.05, 3.63) is 69.8 Å². The normalized spacial score (nSPS) is 10.7. The Bertz CT molecular complexity index is 1010. The Labute approximate surface area is 158 Å². The van der Waals surface area contributed by atoms with Gasteiger partial charge < -0.3 is 15.2 Å². The zero-order valence-corrected chi connectivity index (χ0v) is 16.0. The summed E-state index contributed by atoms with van der Waals surface area (Å²) in [5.74, 6) is 0.598. The van der Waals surface area contributed by atoms with Crippen LogP contribution in [0.5, 0.6) is 0 Å². The molecule has 0 amide bonds. The Morgan fingerprint density at radius 2 is 2.00 bits per heavy atom. The van der Waals surface area contributed by atoms with Crippen molar-refractivity contribution in [2.24, 2.45) is 0 Å². The number of anilines is 1. The van der Waals surface area contributed by atoms with Crippen LogP contribution in [0.2, 0.25) is 0 Å². The summed E-state index contributed by atoms with van der Waals surface area (Å²) in [7, 11) is 0. The maximum Gasteiger partial charge on any atom is 0.258 e. The predicted octanol–water partition coefficient (Wildman–Crippen LogP) is 3.76. The molecule has 1 heterocycles. The molecule has 2 aromatic carbocycles. The lowest BCUT2D eigenvalue weighted by Gasteiger charge is -2.24. The van der Waals surface area contributed by atoms with Gasteiger partial charge in [0.2, 0.25) is 0 Å². The lowest BCUT2D eigenvalue weighted by Crippen LogP contribution is -2.35. The molecule has 5 nitrogen and oxygen atoms in total. The number of rotatable bonds is 4. The Balaban J connectivity index is 1.82. The average molecular weight is 366 g/mol. The Morgan fingerprint density at radius 1 is 1.23 bits per heavy atom. The molecule has 0 saturated heterocycles. The number of hydrogen-bond acceptors (Lipinski definition) is 3. The van der Waals surface area contributed by atoms with Crippen molar-refractivity contribution in [3.63, 3.8) is 0 Å². The number of thiocarbonyl (C=S) groups is 1. The van der Waals surface area contributed by atoms with E-state index in [1.807, 2.05) is 36.9 Å². The molecule has 0 aliphatic carbocycles. The van der Waals surface area contributed by atoms with E-state index in [4.69, 9.17) is 12.2 Å². The highest BCUT2D eigenvalue weighted by Crippen LogP contribution is 2.17. The van der Waals surface area contributed by atoms with E-state index in [2.05, 4.69) is 40.4 Å². The van der Waals surface area contributed by atoms with E-state index >= 15 is 0 Å². The predicted molar refractivity (Wildman–Crippen MR) is 111 cm³/mol. The second-order valence-corrected chi connectivity index (χ2v) is 6.68. The first-order chi connectivity index (χ1) is 12.5. The van der Waals surface area contributed by atoms with Gasteiger partial charge in [0.25, 0.3) is 5.56 Å². The van der Waals surface area contributed by atoms with Crippen LogP contribution >= 0.6 is 12.2 Å². The lowest BCUT2D eigenvalue weighted by atomic mass is 10.1. The molecule has 0 saturated carbocycles. The van der Waals surface area contributed by atoms with Gasteiger partial charge in [-0.1, -0.05) is 24.3 Å². The number of H-pyrrole nitrogens is 1. The van der Waals surface area contributed by atoms with Crippen LogP contribution in [0.25, 0.3) is 10.9 Å². The summed E-state index contributed by atoms with van der Waals surface area (Å²) >= 11 is 5.58. The number of hydrogen-bond donors (Lipinski definition) is 2. The second kappa shape index (κ2) is 7.66. The third-order valence-corrected chi connectivity index (χ3v) is 4.67. The summed E-state index contributed by atoms with van der Waals surface area (Å²) in [6, 6.07) is 13.5. The van der Waals surface area contributed by atoms with Crippen LogP contribution in [0, 0.1) is 13.8 Å². The molecule has 1 aromatic heterocycles. The Kier molecular flexibility index (Phi) is 5.32. The van der Waals surface area contributed by atoms with Crippen LogP contribution in [0.1, 0.15) is 23.9 Å². The van der Waals surface area contributed by atoms with Crippen molar-refractivity contribution in [2.75, 3.05) is 11.9 Å². The first-order valence-corrected chi connectivity index (χ1v) is 9.00. The number of aromatic nitrogens is 2. The number of benzene rings is 2. The molecule has 0 fully saturated rings. The molecule has 0 spiro atoms. The van der Waals surface area contributed by atoms with E-state index in [1.54, 1.807) is 6.07 Å². The van der Waals surface area contributed by atoms with Gasteiger partial charge in [0, 0.05) is 12.2 Å². The van der Waals surface area contributed by atoms with Crippen LogP contribution < -0.4 is 10.9 Å². The van der Waals surface area contributed by atoms with Crippen LogP contribution in [0.15, 0.2) is 47.3 Å².